The maximum absolute atomic E-state index is 12.3. The summed E-state index contributed by atoms with van der Waals surface area (Å²) in [6.45, 7) is 3.77. The van der Waals surface area contributed by atoms with E-state index in [2.05, 4.69) is 20.7 Å². The molecule has 1 atom stereocenters. The van der Waals surface area contributed by atoms with Gasteiger partial charge in [0.1, 0.15) is 12.4 Å². The van der Waals surface area contributed by atoms with Crippen LogP contribution >= 0.6 is 23.4 Å². The average Bonchev–Trinajstić information content (AvgIpc) is 3.20. The van der Waals surface area contributed by atoms with Crippen LogP contribution in [-0.2, 0) is 18.4 Å². The first-order valence-corrected chi connectivity index (χ1v) is 9.36. The summed E-state index contributed by atoms with van der Waals surface area (Å²) in [4.78, 5) is 12.3. The molecule has 1 N–H and O–H groups in total. The lowest BCUT2D eigenvalue weighted by molar-refractivity contribution is -0.115. The van der Waals surface area contributed by atoms with Crippen molar-refractivity contribution in [3.05, 3.63) is 46.9 Å². The molecule has 1 amide bonds. The van der Waals surface area contributed by atoms with Crippen molar-refractivity contribution in [2.24, 2.45) is 7.05 Å². The van der Waals surface area contributed by atoms with E-state index in [1.165, 1.54) is 11.8 Å². The molecule has 1 unspecified atom stereocenters. The number of halogens is 1. The molecule has 27 heavy (non-hydrogen) atoms. The van der Waals surface area contributed by atoms with E-state index in [0.29, 0.717) is 33.3 Å². The first-order chi connectivity index (χ1) is 12.9. The first-order valence-electron chi connectivity index (χ1n) is 8.10. The van der Waals surface area contributed by atoms with Crippen LogP contribution in [0.3, 0.4) is 0 Å². The Kier molecular flexibility index (Phi) is 6.02. The van der Waals surface area contributed by atoms with E-state index >= 15 is 0 Å². The van der Waals surface area contributed by atoms with E-state index < -0.39 is 5.25 Å². The number of aromatic nitrogens is 4. The van der Waals surface area contributed by atoms with E-state index in [9.17, 15) is 4.79 Å². The Bertz CT molecular complexity index is 942. The molecule has 2 heterocycles. The van der Waals surface area contributed by atoms with Crippen LogP contribution in [0.2, 0.25) is 5.02 Å². The minimum Gasteiger partial charge on any atom is -0.484 e. The standard InChI is InChI=1S/C17H18ClN5O3S/c1-10-8-15(26-22-10)19-16(24)11(2)27-17-21-20-14(23(17)3)9-25-13-7-5-4-6-12(13)18/h4-8,11H,9H2,1-3H3,(H,19,24). The molecule has 142 valence electrons. The average molecular weight is 408 g/mol. The van der Waals surface area contributed by atoms with Gasteiger partial charge in [-0.2, -0.15) is 0 Å². The molecule has 0 saturated carbocycles. The van der Waals surface area contributed by atoms with E-state index in [0.717, 1.165) is 0 Å². The zero-order valence-corrected chi connectivity index (χ0v) is 16.5. The molecule has 10 heteroatoms. The van der Waals surface area contributed by atoms with Crippen molar-refractivity contribution < 1.29 is 14.1 Å². The number of amides is 1. The smallest absolute Gasteiger partial charge is 0.240 e. The van der Waals surface area contributed by atoms with Crippen LogP contribution in [0.4, 0.5) is 5.88 Å². The minimum absolute atomic E-state index is 0.214. The summed E-state index contributed by atoms with van der Waals surface area (Å²) in [5, 5.41) is 15.4. The third-order valence-electron chi connectivity index (χ3n) is 3.64. The molecule has 1 aromatic carbocycles. The second-order valence-electron chi connectivity index (χ2n) is 5.76. The number of thioether (sulfide) groups is 1. The van der Waals surface area contributed by atoms with Crippen molar-refractivity contribution in [2.45, 2.75) is 30.9 Å². The quantitative estimate of drug-likeness (QED) is 0.599. The highest BCUT2D eigenvalue weighted by Gasteiger charge is 2.20. The van der Waals surface area contributed by atoms with Crippen LogP contribution < -0.4 is 10.1 Å². The highest BCUT2D eigenvalue weighted by Crippen LogP contribution is 2.25. The molecule has 0 aliphatic carbocycles. The number of anilines is 1. The Morgan fingerprint density at radius 1 is 1.41 bits per heavy atom. The van der Waals surface area contributed by atoms with Crippen LogP contribution in [0.15, 0.2) is 40.0 Å². The molecule has 0 aliphatic heterocycles. The Labute approximate surface area is 165 Å². The fourth-order valence-electron chi connectivity index (χ4n) is 2.13. The van der Waals surface area contributed by atoms with E-state index in [-0.39, 0.29) is 12.5 Å². The molecular weight excluding hydrogens is 390 g/mol. The van der Waals surface area contributed by atoms with Crippen LogP contribution in [-0.4, -0.2) is 31.1 Å². The predicted octanol–water partition coefficient (Wildman–Crippen LogP) is 3.46. The lowest BCUT2D eigenvalue weighted by Crippen LogP contribution is -2.22. The zero-order chi connectivity index (χ0) is 19.4. The van der Waals surface area contributed by atoms with Gasteiger partial charge in [0.25, 0.3) is 0 Å². The monoisotopic (exact) mass is 407 g/mol. The lowest BCUT2D eigenvalue weighted by Gasteiger charge is -2.10. The molecule has 3 aromatic rings. The second-order valence-corrected chi connectivity index (χ2v) is 7.47. The molecule has 3 rings (SSSR count). The molecule has 0 saturated heterocycles. The number of hydrogen-bond acceptors (Lipinski definition) is 7. The summed E-state index contributed by atoms with van der Waals surface area (Å²) in [5.74, 6) is 1.30. The van der Waals surface area contributed by atoms with E-state index in [1.807, 2.05) is 19.2 Å². The van der Waals surface area contributed by atoms with Crippen LogP contribution in [0.5, 0.6) is 5.75 Å². The SMILES string of the molecule is Cc1cc(NC(=O)C(C)Sc2nnc(COc3ccccc3Cl)n2C)on1. The third kappa shape index (κ3) is 4.81. The number of carbonyl (C=O) groups excluding carboxylic acids is 1. The largest absolute Gasteiger partial charge is 0.484 e. The number of hydrogen-bond donors (Lipinski definition) is 1. The molecule has 0 fully saturated rings. The fourth-order valence-corrected chi connectivity index (χ4v) is 3.16. The summed E-state index contributed by atoms with van der Waals surface area (Å²) >= 11 is 7.36. The summed E-state index contributed by atoms with van der Waals surface area (Å²) in [6, 6.07) is 8.87. The fraction of sp³-hybridized carbons (Fsp3) is 0.294. The number of benzene rings is 1. The van der Waals surface area contributed by atoms with Gasteiger partial charge in [-0.05, 0) is 26.0 Å². The van der Waals surface area contributed by atoms with Gasteiger partial charge in [0, 0.05) is 13.1 Å². The number of carbonyl (C=O) groups is 1. The van der Waals surface area contributed by atoms with Gasteiger partial charge >= 0.3 is 0 Å². The van der Waals surface area contributed by atoms with Crippen LogP contribution in [0, 0.1) is 6.92 Å². The Hall–Kier alpha value is -2.52. The molecular formula is C17H18ClN5O3S. The molecule has 0 aliphatic rings. The second kappa shape index (κ2) is 8.45. The number of nitrogens with zero attached hydrogens (tertiary/aromatic N) is 4. The number of aryl methyl sites for hydroxylation is 1. The van der Waals surface area contributed by atoms with Crippen molar-refractivity contribution in [3.8, 4) is 5.75 Å². The topological polar surface area (TPSA) is 95.1 Å². The van der Waals surface area contributed by atoms with Crippen molar-refractivity contribution in [1.29, 1.82) is 0 Å². The van der Waals surface area contributed by atoms with Crippen molar-refractivity contribution in [2.75, 3.05) is 5.32 Å². The Morgan fingerprint density at radius 2 is 2.19 bits per heavy atom. The third-order valence-corrected chi connectivity index (χ3v) is 5.09. The molecule has 0 radical (unpaired) electrons. The van der Waals surface area contributed by atoms with Crippen molar-refractivity contribution >= 4 is 35.2 Å². The van der Waals surface area contributed by atoms with Gasteiger partial charge in [0.2, 0.25) is 11.8 Å². The van der Waals surface area contributed by atoms with Gasteiger partial charge in [-0.1, -0.05) is 40.7 Å². The molecule has 0 spiro atoms. The van der Waals surface area contributed by atoms with Gasteiger partial charge in [0.05, 0.1) is 16.0 Å². The Morgan fingerprint density at radius 3 is 2.89 bits per heavy atom. The minimum atomic E-state index is -0.407. The van der Waals surface area contributed by atoms with Crippen molar-refractivity contribution in [1.82, 2.24) is 19.9 Å². The van der Waals surface area contributed by atoms with E-state index in [4.69, 9.17) is 20.9 Å². The maximum atomic E-state index is 12.3. The summed E-state index contributed by atoms with van der Waals surface area (Å²) in [6.07, 6.45) is 0. The highest BCUT2D eigenvalue weighted by atomic mass is 35.5. The lowest BCUT2D eigenvalue weighted by atomic mass is 10.3. The number of para-hydroxylation sites is 1. The maximum Gasteiger partial charge on any atom is 0.240 e. The first kappa shape index (κ1) is 19.2. The number of nitrogens with one attached hydrogen (secondary N) is 1. The highest BCUT2D eigenvalue weighted by molar-refractivity contribution is 8.00. The molecule has 0 bridgehead atoms. The summed E-state index contributed by atoms with van der Waals surface area (Å²) in [5.41, 5.74) is 0.696. The van der Waals surface area contributed by atoms with Gasteiger partial charge in [-0.25, -0.2) is 0 Å². The van der Waals surface area contributed by atoms with E-state index in [1.54, 1.807) is 36.6 Å². The van der Waals surface area contributed by atoms with Crippen LogP contribution in [0.1, 0.15) is 18.4 Å². The van der Waals surface area contributed by atoms with Crippen LogP contribution in [0.25, 0.3) is 0 Å². The zero-order valence-electron chi connectivity index (χ0n) is 15.0. The summed E-state index contributed by atoms with van der Waals surface area (Å²) < 4.78 is 12.5. The van der Waals surface area contributed by atoms with Crippen molar-refractivity contribution in [3.63, 3.8) is 0 Å². The number of rotatable bonds is 7. The normalized spacial score (nSPS) is 12.0. The molecule has 2 aromatic heterocycles. The van der Waals surface area contributed by atoms with Gasteiger partial charge in [0.15, 0.2) is 11.0 Å². The Balaban J connectivity index is 1.59. The summed E-state index contributed by atoms with van der Waals surface area (Å²) in [7, 11) is 1.82. The van der Waals surface area contributed by atoms with Gasteiger partial charge in [-0.15, -0.1) is 10.2 Å². The predicted molar refractivity (Wildman–Crippen MR) is 102 cm³/mol. The number of ether oxygens (including phenoxy) is 1. The molecule has 8 nitrogen and oxygen atoms in total. The van der Waals surface area contributed by atoms with Gasteiger partial charge < -0.3 is 13.8 Å². The van der Waals surface area contributed by atoms with Gasteiger partial charge in [-0.3, -0.25) is 10.1 Å².